The Labute approximate surface area is 143 Å². The van der Waals surface area contributed by atoms with Gasteiger partial charge in [-0.3, -0.25) is 9.59 Å². The van der Waals surface area contributed by atoms with Crippen LogP contribution in [0.3, 0.4) is 0 Å². The van der Waals surface area contributed by atoms with Crippen molar-refractivity contribution >= 4 is 11.8 Å². The van der Waals surface area contributed by atoms with Gasteiger partial charge in [0.2, 0.25) is 0 Å². The van der Waals surface area contributed by atoms with E-state index in [1.807, 2.05) is 44.2 Å². The molecule has 1 aliphatic rings. The Balaban J connectivity index is 1.98. The molecule has 3 N–H and O–H groups in total. The third-order valence-electron chi connectivity index (χ3n) is 4.46. The number of benzene rings is 1. The molecule has 1 aromatic carbocycles. The number of likely N-dealkylation sites (tertiary alicyclic amines) is 1. The maximum Gasteiger partial charge on any atom is 0.311 e. The van der Waals surface area contributed by atoms with Gasteiger partial charge in [0.1, 0.15) is 0 Å². The molecule has 6 heteroatoms. The lowest BCUT2D eigenvalue weighted by Gasteiger charge is -2.20. The van der Waals surface area contributed by atoms with Gasteiger partial charge in [0.25, 0.3) is 0 Å². The molecule has 2 rings (SSSR count). The third kappa shape index (κ3) is 4.33. The molecule has 1 saturated heterocycles. The highest BCUT2D eigenvalue weighted by Gasteiger charge is 2.37. The van der Waals surface area contributed by atoms with Gasteiger partial charge in [-0.2, -0.15) is 0 Å². The van der Waals surface area contributed by atoms with E-state index < -0.39 is 11.8 Å². The van der Waals surface area contributed by atoms with Crippen LogP contribution in [0.5, 0.6) is 0 Å². The number of hydrogen-bond donors (Lipinski definition) is 2. The first-order chi connectivity index (χ1) is 11.6. The average Bonchev–Trinajstić information content (AvgIpc) is 3.02. The van der Waals surface area contributed by atoms with E-state index in [9.17, 15) is 9.59 Å². The van der Waals surface area contributed by atoms with Gasteiger partial charge < -0.3 is 20.7 Å². The zero-order valence-corrected chi connectivity index (χ0v) is 14.4. The highest BCUT2D eigenvalue weighted by atomic mass is 16.5. The smallest absolute Gasteiger partial charge is 0.311 e. The number of carbonyl (C=O) groups is 2. The highest BCUT2D eigenvalue weighted by Crippen LogP contribution is 2.20. The van der Waals surface area contributed by atoms with Crippen LogP contribution in [0.4, 0.5) is 0 Å². The van der Waals surface area contributed by atoms with Crippen molar-refractivity contribution < 1.29 is 14.3 Å². The van der Waals surface area contributed by atoms with Gasteiger partial charge in [-0.05, 0) is 25.5 Å². The summed E-state index contributed by atoms with van der Waals surface area (Å²) in [7, 11) is 0. The first-order valence-electron chi connectivity index (χ1n) is 8.57. The molecular weight excluding hydrogens is 306 g/mol. The number of hydrogen-bond acceptors (Lipinski definition) is 4. The molecule has 132 valence electrons. The Bertz CT molecular complexity index is 550. The second kappa shape index (κ2) is 8.80. The molecule has 0 saturated carbocycles. The molecule has 1 aromatic rings. The van der Waals surface area contributed by atoms with Crippen molar-refractivity contribution in [3.8, 4) is 0 Å². The predicted molar refractivity (Wildman–Crippen MR) is 92.2 cm³/mol. The number of nitrogens with two attached hydrogens (primary N) is 1. The molecule has 0 aliphatic carbocycles. The Hall–Kier alpha value is -1.92. The fraction of sp³-hybridized carbons (Fsp3) is 0.556. The zero-order valence-electron chi connectivity index (χ0n) is 14.4. The molecule has 1 heterocycles. The average molecular weight is 333 g/mol. The summed E-state index contributed by atoms with van der Waals surface area (Å²) in [6.07, 6.45) is 0.628. The number of ether oxygens (including phenoxy) is 1. The monoisotopic (exact) mass is 333 g/mol. The largest absolute Gasteiger partial charge is 0.376 e. The van der Waals surface area contributed by atoms with Gasteiger partial charge in [-0.25, -0.2) is 0 Å². The summed E-state index contributed by atoms with van der Waals surface area (Å²) < 4.78 is 5.63. The van der Waals surface area contributed by atoms with Crippen molar-refractivity contribution in [2.24, 2.45) is 11.7 Å². The van der Waals surface area contributed by atoms with Gasteiger partial charge in [0.15, 0.2) is 0 Å². The molecule has 1 aliphatic heterocycles. The molecule has 3 atom stereocenters. The molecule has 2 amide bonds. The van der Waals surface area contributed by atoms with Crippen molar-refractivity contribution in [1.82, 2.24) is 10.2 Å². The summed E-state index contributed by atoms with van der Waals surface area (Å²) in [5.41, 5.74) is 6.75. The van der Waals surface area contributed by atoms with Crippen LogP contribution in [-0.4, -0.2) is 49.1 Å². The Morgan fingerprint density at radius 3 is 2.58 bits per heavy atom. The van der Waals surface area contributed by atoms with E-state index >= 15 is 0 Å². The molecule has 1 fully saturated rings. The molecule has 0 unspecified atom stereocenters. The van der Waals surface area contributed by atoms with E-state index in [1.54, 1.807) is 4.90 Å². The minimum Gasteiger partial charge on any atom is -0.376 e. The summed E-state index contributed by atoms with van der Waals surface area (Å²) in [6, 6.07) is 9.50. The lowest BCUT2D eigenvalue weighted by molar-refractivity contribution is -0.145. The van der Waals surface area contributed by atoms with E-state index in [1.165, 1.54) is 0 Å². The number of nitrogens with one attached hydrogen (secondary N) is 1. The summed E-state index contributed by atoms with van der Waals surface area (Å²) >= 11 is 0. The summed E-state index contributed by atoms with van der Waals surface area (Å²) in [5, 5.41) is 2.84. The highest BCUT2D eigenvalue weighted by molar-refractivity contribution is 6.35. The number of nitrogens with zero attached hydrogens (tertiary/aromatic N) is 1. The van der Waals surface area contributed by atoms with Crippen LogP contribution in [-0.2, 0) is 14.3 Å². The Morgan fingerprint density at radius 1 is 1.29 bits per heavy atom. The minimum atomic E-state index is -0.571. The normalized spacial score (nSPS) is 21.5. The SMILES string of the molecule is CCO[C@@H]1CN(C(=O)C(=O)N[C@H](CC)c2ccccc2)C[C@H]1CN. The topological polar surface area (TPSA) is 84.7 Å². The molecular formula is C18H27N3O3. The quantitative estimate of drug-likeness (QED) is 0.763. The van der Waals surface area contributed by atoms with Crippen LogP contribution in [0.15, 0.2) is 30.3 Å². The molecule has 24 heavy (non-hydrogen) atoms. The number of rotatable bonds is 6. The number of carbonyl (C=O) groups excluding carboxylic acids is 2. The van der Waals surface area contributed by atoms with Crippen LogP contribution < -0.4 is 11.1 Å². The standard InChI is InChI=1S/C18H27N3O3/c1-3-15(13-8-6-5-7-9-13)20-17(22)18(23)21-11-14(10-19)16(12-21)24-4-2/h5-9,14-16H,3-4,10-12,19H2,1-2H3,(H,20,22)/t14-,15-,16-/m1/s1. The maximum absolute atomic E-state index is 12.5. The molecule has 6 nitrogen and oxygen atoms in total. The fourth-order valence-electron chi connectivity index (χ4n) is 3.11. The van der Waals surface area contributed by atoms with Gasteiger partial charge >= 0.3 is 11.8 Å². The second-order valence-corrected chi connectivity index (χ2v) is 6.04. The van der Waals surface area contributed by atoms with E-state index in [0.717, 1.165) is 12.0 Å². The lowest BCUT2D eigenvalue weighted by atomic mass is 10.0. The van der Waals surface area contributed by atoms with Gasteiger partial charge in [0.05, 0.1) is 12.1 Å². The van der Waals surface area contributed by atoms with Crippen LogP contribution >= 0.6 is 0 Å². The number of amides is 2. The van der Waals surface area contributed by atoms with Gasteiger partial charge in [-0.1, -0.05) is 37.3 Å². The van der Waals surface area contributed by atoms with Crippen molar-refractivity contribution in [2.75, 3.05) is 26.2 Å². The van der Waals surface area contributed by atoms with Crippen LogP contribution in [0.2, 0.25) is 0 Å². The van der Waals surface area contributed by atoms with Crippen molar-refractivity contribution in [2.45, 2.75) is 32.4 Å². The molecule has 0 bridgehead atoms. The van der Waals surface area contributed by atoms with Gasteiger partial charge in [0, 0.05) is 25.6 Å². The fourth-order valence-corrected chi connectivity index (χ4v) is 3.11. The first-order valence-corrected chi connectivity index (χ1v) is 8.57. The van der Waals surface area contributed by atoms with Gasteiger partial charge in [-0.15, -0.1) is 0 Å². The van der Waals surface area contributed by atoms with Crippen molar-refractivity contribution in [3.63, 3.8) is 0 Å². The molecule has 0 spiro atoms. The van der Waals surface area contributed by atoms with E-state index in [-0.39, 0.29) is 18.1 Å². The Morgan fingerprint density at radius 2 is 2.00 bits per heavy atom. The minimum absolute atomic E-state index is 0.0813. The predicted octanol–water partition coefficient (Wildman–Crippen LogP) is 1.08. The zero-order chi connectivity index (χ0) is 17.5. The first kappa shape index (κ1) is 18.4. The van der Waals surface area contributed by atoms with E-state index in [2.05, 4.69) is 5.32 Å². The van der Waals surface area contributed by atoms with E-state index in [0.29, 0.717) is 26.2 Å². The molecule has 0 radical (unpaired) electrons. The van der Waals surface area contributed by atoms with Crippen molar-refractivity contribution in [3.05, 3.63) is 35.9 Å². The van der Waals surface area contributed by atoms with Crippen LogP contribution in [0.25, 0.3) is 0 Å². The van der Waals surface area contributed by atoms with Crippen LogP contribution in [0, 0.1) is 5.92 Å². The Kier molecular flexibility index (Phi) is 6.75. The summed E-state index contributed by atoms with van der Waals surface area (Å²) in [4.78, 5) is 26.4. The molecule has 0 aromatic heterocycles. The second-order valence-electron chi connectivity index (χ2n) is 6.04. The third-order valence-corrected chi connectivity index (χ3v) is 4.46. The summed E-state index contributed by atoms with van der Waals surface area (Å²) in [5.74, 6) is -0.999. The van der Waals surface area contributed by atoms with Crippen molar-refractivity contribution in [1.29, 1.82) is 0 Å². The van der Waals surface area contributed by atoms with Crippen LogP contribution in [0.1, 0.15) is 31.9 Å². The maximum atomic E-state index is 12.5. The summed E-state index contributed by atoms with van der Waals surface area (Å²) in [6.45, 7) is 5.79. The van der Waals surface area contributed by atoms with E-state index in [4.69, 9.17) is 10.5 Å². The lowest BCUT2D eigenvalue weighted by Crippen LogP contribution is -2.43.